The summed E-state index contributed by atoms with van der Waals surface area (Å²) in [4.78, 5) is 33.9. The van der Waals surface area contributed by atoms with E-state index < -0.39 is 51.4 Å². The number of pyridine rings is 4. The Labute approximate surface area is 222 Å². The van der Waals surface area contributed by atoms with Crippen LogP contribution >= 0.6 is 23.2 Å². The smallest absolute Gasteiger partial charge is 0.277 e. The summed E-state index contributed by atoms with van der Waals surface area (Å²) in [6.45, 7) is 1.49. The summed E-state index contributed by atoms with van der Waals surface area (Å²) in [5.74, 6) is -2.64. The maximum Gasteiger partial charge on any atom is 0.277 e. The minimum absolute atomic E-state index is 0.0216. The third kappa shape index (κ3) is 5.27. The van der Waals surface area contributed by atoms with Gasteiger partial charge in [-0.25, -0.2) is 13.8 Å². The van der Waals surface area contributed by atoms with Gasteiger partial charge in [0.1, 0.15) is 34.7 Å². The molecule has 0 aliphatic carbocycles. The number of hydrogen-bond acceptors (Lipinski definition) is 6. The molecule has 0 aliphatic heterocycles. The highest BCUT2D eigenvalue weighted by atomic mass is 35.5. The topological polar surface area (TPSA) is 99.2 Å². The Morgan fingerprint density at radius 2 is 1.86 bits per heavy atom. The minimum Gasteiger partial charge on any atom is -0.485 e. The summed E-state index contributed by atoms with van der Waals surface area (Å²) in [6.07, 6.45) is 3.28. The lowest BCUT2D eigenvalue weighted by Crippen LogP contribution is -2.31. The Morgan fingerprint density at radius 3 is 2.54 bits per heavy atom. The van der Waals surface area contributed by atoms with Crippen LogP contribution < -0.4 is 15.9 Å². The molecule has 0 saturated heterocycles. The van der Waals surface area contributed by atoms with E-state index in [0.717, 1.165) is 4.57 Å². The van der Waals surface area contributed by atoms with E-state index in [4.69, 9.17) is 30.7 Å². The number of rotatable bonds is 6. The maximum atomic E-state index is 14.2. The van der Waals surface area contributed by atoms with E-state index >= 15 is 0 Å². The SMILES string of the molecule is [2H]C([2H])(Oc1cc(C)n(-c2cc(-n3cccc(C(C)(C)O)c3=O)ncc2Cl)c(=O)c1Cl)c1ncc(F)cc1F. The molecule has 0 amide bonds. The van der Waals surface area contributed by atoms with Gasteiger partial charge in [0.25, 0.3) is 11.1 Å². The lowest BCUT2D eigenvalue weighted by Gasteiger charge is -2.19. The van der Waals surface area contributed by atoms with Gasteiger partial charge in [0.05, 0.1) is 31.4 Å². The molecule has 4 aromatic rings. The first-order chi connectivity index (χ1) is 18.1. The molecule has 0 bridgehead atoms. The second kappa shape index (κ2) is 10.0. The predicted molar refractivity (Wildman–Crippen MR) is 134 cm³/mol. The highest BCUT2D eigenvalue weighted by Gasteiger charge is 2.22. The fourth-order valence-corrected chi connectivity index (χ4v) is 3.87. The average molecular weight is 551 g/mol. The summed E-state index contributed by atoms with van der Waals surface area (Å²) in [6, 6.07) is 6.06. The van der Waals surface area contributed by atoms with E-state index in [1.54, 1.807) is 6.07 Å². The number of hydrogen-bond donors (Lipinski definition) is 1. The molecule has 0 spiro atoms. The average Bonchev–Trinajstić information content (AvgIpc) is 2.82. The van der Waals surface area contributed by atoms with Gasteiger partial charge in [-0.15, -0.1) is 0 Å². The molecule has 0 fully saturated rings. The van der Waals surface area contributed by atoms with Gasteiger partial charge in [0.15, 0.2) is 5.82 Å². The second-order valence-corrected chi connectivity index (χ2v) is 9.23. The van der Waals surface area contributed by atoms with Crippen LogP contribution in [0.4, 0.5) is 8.78 Å². The summed E-state index contributed by atoms with van der Waals surface area (Å²) in [5, 5.41) is 9.79. The van der Waals surface area contributed by atoms with Gasteiger partial charge in [-0.1, -0.05) is 23.2 Å². The van der Waals surface area contributed by atoms with Crippen molar-refractivity contribution in [3.05, 3.63) is 108 Å². The van der Waals surface area contributed by atoms with Gasteiger partial charge in [0.2, 0.25) is 0 Å². The van der Waals surface area contributed by atoms with Crippen molar-refractivity contribution in [2.75, 3.05) is 0 Å². The Bertz CT molecular complexity index is 1720. The normalized spacial score (nSPS) is 12.8. The van der Waals surface area contributed by atoms with Crippen molar-refractivity contribution in [2.24, 2.45) is 0 Å². The third-order valence-electron chi connectivity index (χ3n) is 5.28. The van der Waals surface area contributed by atoms with Gasteiger partial charge >= 0.3 is 0 Å². The van der Waals surface area contributed by atoms with Crippen LogP contribution in [0.25, 0.3) is 11.5 Å². The van der Waals surface area contributed by atoms with E-state index in [1.807, 2.05) is 0 Å². The first-order valence-electron chi connectivity index (χ1n) is 11.7. The van der Waals surface area contributed by atoms with Crippen LogP contribution in [0, 0.1) is 18.6 Å². The van der Waals surface area contributed by atoms with Gasteiger partial charge in [-0.3, -0.25) is 23.7 Å². The zero-order valence-electron chi connectivity index (χ0n) is 21.6. The molecular formula is C25H20Cl2F2N4O4. The van der Waals surface area contributed by atoms with Gasteiger partial charge < -0.3 is 9.84 Å². The molecular weight excluding hydrogens is 529 g/mol. The van der Waals surface area contributed by atoms with Gasteiger partial charge in [-0.2, -0.15) is 0 Å². The van der Waals surface area contributed by atoms with Crippen molar-refractivity contribution in [2.45, 2.75) is 32.9 Å². The summed E-state index contributed by atoms with van der Waals surface area (Å²) in [7, 11) is 0. The predicted octanol–water partition coefficient (Wildman–Crippen LogP) is 4.48. The number of ether oxygens (including phenoxy) is 1. The fraction of sp³-hybridized carbons (Fsp3) is 0.200. The van der Waals surface area contributed by atoms with Crippen molar-refractivity contribution < 1.29 is 21.4 Å². The monoisotopic (exact) mass is 550 g/mol. The summed E-state index contributed by atoms with van der Waals surface area (Å²) < 4.78 is 51.0. The molecule has 4 rings (SSSR count). The molecule has 0 unspecified atom stereocenters. The Balaban J connectivity index is 1.81. The molecule has 0 radical (unpaired) electrons. The van der Waals surface area contributed by atoms with E-state index in [9.17, 15) is 23.5 Å². The second-order valence-electron chi connectivity index (χ2n) is 8.44. The molecule has 1 N–H and O–H groups in total. The minimum atomic E-state index is -2.92. The van der Waals surface area contributed by atoms with Crippen molar-refractivity contribution in [1.82, 2.24) is 19.1 Å². The maximum absolute atomic E-state index is 14.2. The molecule has 0 atom stereocenters. The van der Waals surface area contributed by atoms with E-state index in [2.05, 4.69) is 9.97 Å². The Morgan fingerprint density at radius 1 is 1.14 bits per heavy atom. The zero-order chi connectivity index (χ0) is 28.9. The molecule has 8 nitrogen and oxygen atoms in total. The van der Waals surface area contributed by atoms with Crippen LogP contribution in [0.5, 0.6) is 5.75 Å². The number of aromatic nitrogens is 4. The molecule has 4 aromatic heterocycles. The molecule has 4 heterocycles. The van der Waals surface area contributed by atoms with Crippen LogP contribution in [0.15, 0.2) is 58.5 Å². The summed E-state index contributed by atoms with van der Waals surface area (Å²) in [5.41, 5.74) is -3.30. The Hall–Kier alpha value is -3.60. The number of aryl methyl sites for hydroxylation is 1. The van der Waals surface area contributed by atoms with E-state index in [-0.39, 0.29) is 27.8 Å². The first kappa shape index (κ1) is 23.8. The molecule has 37 heavy (non-hydrogen) atoms. The van der Waals surface area contributed by atoms with Crippen LogP contribution in [-0.2, 0) is 12.2 Å². The van der Waals surface area contributed by atoms with Crippen molar-refractivity contribution in [3.8, 4) is 17.3 Å². The first-order valence-corrected chi connectivity index (χ1v) is 11.4. The highest BCUT2D eigenvalue weighted by Crippen LogP contribution is 2.28. The van der Waals surface area contributed by atoms with Crippen LogP contribution in [0.3, 0.4) is 0 Å². The number of aliphatic hydroxyl groups is 1. The van der Waals surface area contributed by atoms with E-state index in [1.165, 1.54) is 55.9 Å². The quantitative estimate of drug-likeness (QED) is 0.380. The van der Waals surface area contributed by atoms with Crippen molar-refractivity contribution in [1.29, 1.82) is 0 Å². The van der Waals surface area contributed by atoms with Crippen LogP contribution in [-0.4, -0.2) is 24.2 Å². The lowest BCUT2D eigenvalue weighted by molar-refractivity contribution is 0.0767. The van der Waals surface area contributed by atoms with E-state index in [0.29, 0.717) is 12.3 Å². The lowest BCUT2D eigenvalue weighted by atomic mass is 10.0. The number of nitrogens with zero attached hydrogens (tertiary/aromatic N) is 4. The Kier molecular flexibility index (Phi) is 6.45. The molecule has 0 aliphatic rings. The molecule has 0 aromatic carbocycles. The highest BCUT2D eigenvalue weighted by molar-refractivity contribution is 6.33. The molecule has 192 valence electrons. The third-order valence-corrected chi connectivity index (χ3v) is 5.92. The standard InChI is InChI=1S/C25H20Cl2F2N4O4/c1-13-7-20(37-12-18-17(29)8-14(28)10-30-18)22(27)24(35)33(13)19-9-21(31-11-16(19)26)32-6-4-5-15(23(32)34)25(2,3)36/h4-11,36H,12H2,1-3H3/i12D2. The fourth-order valence-electron chi connectivity index (χ4n) is 3.51. The van der Waals surface area contributed by atoms with Crippen molar-refractivity contribution >= 4 is 23.2 Å². The largest absolute Gasteiger partial charge is 0.485 e. The van der Waals surface area contributed by atoms with Crippen molar-refractivity contribution in [3.63, 3.8) is 0 Å². The van der Waals surface area contributed by atoms with Gasteiger partial charge in [0, 0.05) is 35.7 Å². The summed E-state index contributed by atoms with van der Waals surface area (Å²) >= 11 is 12.6. The molecule has 0 saturated carbocycles. The van der Waals surface area contributed by atoms with Crippen LogP contribution in [0.2, 0.25) is 10.0 Å². The van der Waals surface area contributed by atoms with Gasteiger partial charge in [-0.05, 0) is 32.9 Å². The number of halogens is 4. The zero-order valence-corrected chi connectivity index (χ0v) is 21.1. The molecule has 12 heteroatoms. The van der Waals surface area contributed by atoms with Crippen LogP contribution in [0.1, 0.15) is 33.5 Å².